The smallest absolute Gasteiger partial charge is 0.315 e. The molecule has 0 atom stereocenters. The van der Waals surface area contributed by atoms with Crippen LogP contribution in [0.2, 0.25) is 5.02 Å². The lowest BCUT2D eigenvalue weighted by molar-refractivity contribution is 0.240. The second-order valence-corrected chi connectivity index (χ2v) is 6.31. The third kappa shape index (κ3) is 4.86. The van der Waals surface area contributed by atoms with Gasteiger partial charge in [-0.3, -0.25) is 0 Å². The molecule has 3 rings (SSSR count). The fraction of sp³-hybridized carbons (Fsp3) is 0.200. The van der Waals surface area contributed by atoms with Gasteiger partial charge in [0.25, 0.3) is 0 Å². The van der Waals surface area contributed by atoms with Crippen molar-refractivity contribution in [2.45, 2.75) is 19.9 Å². The summed E-state index contributed by atoms with van der Waals surface area (Å²) in [5.74, 6) is 1.16. The minimum absolute atomic E-state index is 0.229. The van der Waals surface area contributed by atoms with Gasteiger partial charge in [-0.25, -0.2) is 9.78 Å². The molecule has 0 spiro atoms. The van der Waals surface area contributed by atoms with Crippen LogP contribution in [0.4, 0.5) is 4.79 Å². The van der Waals surface area contributed by atoms with E-state index >= 15 is 0 Å². The first-order valence-electron chi connectivity index (χ1n) is 8.39. The molecule has 0 aliphatic heterocycles. The Morgan fingerprint density at radius 1 is 1.12 bits per heavy atom. The highest BCUT2D eigenvalue weighted by Gasteiger charge is 2.12. The van der Waals surface area contributed by atoms with Crippen molar-refractivity contribution >= 4 is 17.6 Å². The summed E-state index contributed by atoms with van der Waals surface area (Å²) in [6, 6.07) is 17.1. The predicted molar refractivity (Wildman–Crippen MR) is 102 cm³/mol. The quantitative estimate of drug-likeness (QED) is 0.679. The summed E-state index contributed by atoms with van der Waals surface area (Å²) in [5.41, 5.74) is 2.68. The van der Waals surface area contributed by atoms with Gasteiger partial charge in [0, 0.05) is 17.1 Å². The average molecular weight is 370 g/mol. The van der Waals surface area contributed by atoms with Crippen LogP contribution in [0.15, 0.2) is 59.0 Å². The molecular formula is C20H20ClN3O2. The molecule has 1 heterocycles. The van der Waals surface area contributed by atoms with Crippen molar-refractivity contribution in [1.82, 2.24) is 15.6 Å². The largest absolute Gasteiger partial charge is 0.441 e. The molecule has 1 aromatic heterocycles. The highest BCUT2D eigenvalue weighted by Crippen LogP contribution is 2.24. The zero-order valence-corrected chi connectivity index (χ0v) is 15.2. The molecule has 5 nitrogen and oxygen atoms in total. The molecule has 0 bridgehead atoms. The van der Waals surface area contributed by atoms with E-state index in [0.717, 1.165) is 12.0 Å². The Morgan fingerprint density at radius 2 is 1.92 bits per heavy atom. The number of urea groups is 1. The molecule has 0 aliphatic carbocycles. The Kier molecular flexibility index (Phi) is 5.92. The van der Waals surface area contributed by atoms with Crippen molar-refractivity contribution in [2.24, 2.45) is 0 Å². The van der Waals surface area contributed by atoms with Gasteiger partial charge in [-0.2, -0.15) is 0 Å². The molecule has 3 aromatic rings. The molecule has 0 aliphatic rings. The van der Waals surface area contributed by atoms with Crippen LogP contribution in [0, 0.1) is 6.92 Å². The Balaban J connectivity index is 1.50. The number of rotatable bonds is 6. The normalized spacial score (nSPS) is 10.5. The van der Waals surface area contributed by atoms with Crippen LogP contribution in [0.1, 0.15) is 17.0 Å². The fourth-order valence-corrected chi connectivity index (χ4v) is 2.72. The van der Waals surface area contributed by atoms with Crippen LogP contribution < -0.4 is 10.6 Å². The first-order chi connectivity index (χ1) is 12.6. The minimum atomic E-state index is -0.229. The lowest BCUT2D eigenvalue weighted by Gasteiger charge is -2.06. The monoisotopic (exact) mass is 369 g/mol. The number of halogens is 1. The van der Waals surface area contributed by atoms with E-state index in [1.165, 1.54) is 5.56 Å². The maximum absolute atomic E-state index is 11.9. The number of nitrogens with zero attached hydrogens (tertiary/aromatic N) is 1. The molecule has 26 heavy (non-hydrogen) atoms. The second kappa shape index (κ2) is 8.54. The van der Waals surface area contributed by atoms with E-state index in [1.807, 2.05) is 49.4 Å². The number of amides is 2. The van der Waals surface area contributed by atoms with Gasteiger partial charge in [-0.1, -0.05) is 48.0 Å². The fourth-order valence-electron chi connectivity index (χ4n) is 2.53. The zero-order chi connectivity index (χ0) is 18.4. The highest BCUT2D eigenvalue weighted by molar-refractivity contribution is 6.30. The van der Waals surface area contributed by atoms with Crippen LogP contribution in [0.3, 0.4) is 0 Å². The molecule has 2 aromatic carbocycles. The number of aromatic nitrogens is 1. The van der Waals surface area contributed by atoms with Gasteiger partial charge in [0.15, 0.2) is 0 Å². The van der Waals surface area contributed by atoms with Crippen molar-refractivity contribution in [3.8, 4) is 11.5 Å². The summed E-state index contributed by atoms with van der Waals surface area (Å²) < 4.78 is 5.69. The van der Waals surface area contributed by atoms with E-state index < -0.39 is 0 Å². The van der Waals surface area contributed by atoms with Crippen molar-refractivity contribution in [3.63, 3.8) is 0 Å². The van der Waals surface area contributed by atoms with Gasteiger partial charge in [0.1, 0.15) is 11.5 Å². The third-order valence-corrected chi connectivity index (χ3v) is 4.16. The molecule has 6 heteroatoms. The second-order valence-electron chi connectivity index (χ2n) is 5.88. The number of carbonyl (C=O) groups is 1. The van der Waals surface area contributed by atoms with Gasteiger partial charge in [-0.05, 0) is 37.1 Å². The van der Waals surface area contributed by atoms with E-state index in [-0.39, 0.29) is 6.03 Å². The number of nitrogens with one attached hydrogen (secondary N) is 2. The molecule has 0 radical (unpaired) electrons. The summed E-state index contributed by atoms with van der Waals surface area (Å²) in [7, 11) is 0. The van der Waals surface area contributed by atoms with Crippen molar-refractivity contribution in [3.05, 3.63) is 76.6 Å². The summed E-state index contributed by atoms with van der Waals surface area (Å²) in [5, 5.41) is 6.27. The average Bonchev–Trinajstić information content (AvgIpc) is 3.02. The van der Waals surface area contributed by atoms with Crippen LogP contribution >= 0.6 is 11.6 Å². The SMILES string of the molecule is Cc1oc(-c2cccc(Cl)c2)nc1CNC(=O)NCCc1ccccc1. The van der Waals surface area contributed by atoms with Gasteiger partial charge in [0.05, 0.1) is 6.54 Å². The molecule has 0 saturated carbocycles. The van der Waals surface area contributed by atoms with E-state index in [0.29, 0.717) is 35.5 Å². The molecule has 2 amide bonds. The molecular weight excluding hydrogens is 350 g/mol. The number of aryl methyl sites for hydroxylation is 1. The number of benzene rings is 2. The maximum atomic E-state index is 11.9. The molecule has 0 unspecified atom stereocenters. The Morgan fingerprint density at radius 3 is 2.69 bits per heavy atom. The first-order valence-corrected chi connectivity index (χ1v) is 8.77. The highest BCUT2D eigenvalue weighted by atomic mass is 35.5. The number of hydrogen-bond acceptors (Lipinski definition) is 3. The van der Waals surface area contributed by atoms with Crippen LogP contribution in [-0.2, 0) is 13.0 Å². The molecule has 134 valence electrons. The van der Waals surface area contributed by atoms with Gasteiger partial charge >= 0.3 is 6.03 Å². The van der Waals surface area contributed by atoms with Crippen LogP contribution in [-0.4, -0.2) is 17.6 Å². The van der Waals surface area contributed by atoms with Crippen molar-refractivity contribution in [2.75, 3.05) is 6.54 Å². The van der Waals surface area contributed by atoms with Crippen molar-refractivity contribution < 1.29 is 9.21 Å². The van der Waals surface area contributed by atoms with E-state index in [2.05, 4.69) is 15.6 Å². The standard InChI is InChI=1S/C20H20ClN3O2/c1-14-18(24-19(26-14)16-8-5-9-17(21)12-16)13-23-20(25)22-11-10-15-6-3-2-4-7-15/h2-9,12H,10-11,13H2,1H3,(H2,22,23,25). The Bertz CT molecular complexity index is 878. The minimum Gasteiger partial charge on any atom is -0.441 e. The topological polar surface area (TPSA) is 67.2 Å². The molecule has 2 N–H and O–H groups in total. The lowest BCUT2D eigenvalue weighted by Crippen LogP contribution is -2.36. The van der Waals surface area contributed by atoms with Crippen molar-refractivity contribution in [1.29, 1.82) is 0 Å². The Hall–Kier alpha value is -2.79. The first kappa shape index (κ1) is 18.0. The van der Waals surface area contributed by atoms with Gasteiger partial charge in [-0.15, -0.1) is 0 Å². The van der Waals surface area contributed by atoms with E-state index in [9.17, 15) is 4.79 Å². The van der Waals surface area contributed by atoms with Crippen LogP contribution in [0.5, 0.6) is 0 Å². The van der Waals surface area contributed by atoms with E-state index in [1.54, 1.807) is 12.1 Å². The number of carbonyl (C=O) groups excluding carboxylic acids is 1. The Labute approximate surface area is 157 Å². The third-order valence-electron chi connectivity index (χ3n) is 3.92. The predicted octanol–water partition coefficient (Wildman–Crippen LogP) is 4.35. The molecule has 0 fully saturated rings. The zero-order valence-electron chi connectivity index (χ0n) is 14.5. The number of oxazole rings is 1. The lowest BCUT2D eigenvalue weighted by atomic mass is 10.1. The van der Waals surface area contributed by atoms with Gasteiger partial charge in [0.2, 0.25) is 5.89 Å². The molecule has 0 saturated heterocycles. The summed E-state index contributed by atoms with van der Waals surface area (Å²) in [6.07, 6.45) is 0.788. The number of hydrogen-bond donors (Lipinski definition) is 2. The van der Waals surface area contributed by atoms with Crippen LogP contribution in [0.25, 0.3) is 11.5 Å². The van der Waals surface area contributed by atoms with Gasteiger partial charge < -0.3 is 15.1 Å². The summed E-state index contributed by atoms with van der Waals surface area (Å²) in [6.45, 7) is 2.69. The summed E-state index contributed by atoms with van der Waals surface area (Å²) >= 11 is 6.00. The summed E-state index contributed by atoms with van der Waals surface area (Å²) in [4.78, 5) is 16.4. The van der Waals surface area contributed by atoms with E-state index in [4.69, 9.17) is 16.0 Å². The maximum Gasteiger partial charge on any atom is 0.315 e.